The molecule has 1 amide bonds. The number of imidazole rings is 1. The Morgan fingerprint density at radius 2 is 1.88 bits per heavy atom. The van der Waals surface area contributed by atoms with Gasteiger partial charge in [-0.2, -0.15) is 0 Å². The summed E-state index contributed by atoms with van der Waals surface area (Å²) in [6.07, 6.45) is 0.230. The zero-order valence-electron chi connectivity index (χ0n) is 17.8. The van der Waals surface area contributed by atoms with Crippen molar-refractivity contribution in [3.05, 3.63) is 94.5 Å². The van der Waals surface area contributed by atoms with E-state index in [9.17, 15) is 9.18 Å². The van der Waals surface area contributed by atoms with Crippen molar-refractivity contribution in [2.75, 3.05) is 7.11 Å². The molecule has 4 rings (SSSR count). The standard InChI is InChI=1S/C25H23ClFN3O2/c1-16(28-24(31)14-17-10-12-18(32-2)13-11-17)25-29-22-8-3-4-9-23(22)30(25)15-19-20(26)6-5-7-21(19)27/h3-13,16H,14-15H2,1-2H3,(H,28,31). The summed E-state index contributed by atoms with van der Waals surface area (Å²) in [5.74, 6) is 0.860. The van der Waals surface area contributed by atoms with E-state index in [-0.39, 0.29) is 24.7 Å². The lowest BCUT2D eigenvalue weighted by Crippen LogP contribution is -2.30. The quantitative estimate of drug-likeness (QED) is 0.414. The van der Waals surface area contributed by atoms with E-state index < -0.39 is 6.04 Å². The Morgan fingerprint density at radius 1 is 1.12 bits per heavy atom. The number of fused-ring (bicyclic) bond motifs is 1. The van der Waals surface area contributed by atoms with E-state index >= 15 is 0 Å². The second kappa shape index (κ2) is 9.40. The predicted octanol–water partition coefficient (Wildman–Crippen LogP) is 5.31. The van der Waals surface area contributed by atoms with E-state index in [1.807, 2.05) is 60.0 Å². The average Bonchev–Trinajstić information content (AvgIpc) is 3.15. The number of nitrogens with zero attached hydrogens (tertiary/aromatic N) is 2. The van der Waals surface area contributed by atoms with E-state index in [1.54, 1.807) is 19.2 Å². The van der Waals surface area contributed by atoms with Gasteiger partial charge >= 0.3 is 0 Å². The Morgan fingerprint density at radius 3 is 2.59 bits per heavy atom. The summed E-state index contributed by atoms with van der Waals surface area (Å²) in [5.41, 5.74) is 2.88. The molecule has 7 heteroatoms. The molecule has 0 saturated heterocycles. The molecule has 32 heavy (non-hydrogen) atoms. The number of rotatable bonds is 7. The van der Waals surface area contributed by atoms with Crippen LogP contribution in [0.15, 0.2) is 66.7 Å². The summed E-state index contributed by atoms with van der Waals surface area (Å²) in [6, 6.07) is 19.2. The predicted molar refractivity (Wildman–Crippen MR) is 124 cm³/mol. The molecule has 1 atom stereocenters. The number of hydrogen-bond donors (Lipinski definition) is 1. The van der Waals surface area contributed by atoms with Gasteiger partial charge in [0.05, 0.1) is 37.2 Å². The summed E-state index contributed by atoms with van der Waals surface area (Å²) >= 11 is 6.27. The molecule has 5 nitrogen and oxygen atoms in total. The van der Waals surface area contributed by atoms with Crippen molar-refractivity contribution in [2.24, 2.45) is 0 Å². The summed E-state index contributed by atoms with van der Waals surface area (Å²) in [4.78, 5) is 17.4. The lowest BCUT2D eigenvalue weighted by atomic mass is 10.1. The van der Waals surface area contributed by atoms with Crippen molar-refractivity contribution in [3.63, 3.8) is 0 Å². The van der Waals surface area contributed by atoms with Gasteiger partial charge in [-0.1, -0.05) is 41.9 Å². The summed E-state index contributed by atoms with van der Waals surface area (Å²) in [7, 11) is 1.60. The molecule has 0 aliphatic heterocycles. The van der Waals surface area contributed by atoms with Crippen LogP contribution in [0.4, 0.5) is 4.39 Å². The van der Waals surface area contributed by atoms with E-state index in [2.05, 4.69) is 5.32 Å². The molecule has 3 aromatic carbocycles. The van der Waals surface area contributed by atoms with Gasteiger partial charge in [-0.05, 0) is 48.9 Å². The fraction of sp³-hybridized carbons (Fsp3) is 0.200. The number of aromatic nitrogens is 2. The Hall–Kier alpha value is -3.38. The monoisotopic (exact) mass is 451 g/mol. The fourth-order valence-electron chi connectivity index (χ4n) is 3.72. The van der Waals surface area contributed by atoms with Crippen LogP contribution in [0.5, 0.6) is 5.75 Å². The maximum Gasteiger partial charge on any atom is 0.224 e. The number of ether oxygens (including phenoxy) is 1. The van der Waals surface area contributed by atoms with Gasteiger partial charge in [0, 0.05) is 10.6 Å². The third-order valence-electron chi connectivity index (χ3n) is 5.35. The van der Waals surface area contributed by atoms with Crippen molar-refractivity contribution >= 4 is 28.5 Å². The first kappa shape index (κ1) is 21.8. The first-order valence-electron chi connectivity index (χ1n) is 10.3. The van der Waals surface area contributed by atoms with Gasteiger partial charge in [-0.25, -0.2) is 9.37 Å². The number of halogens is 2. The van der Waals surface area contributed by atoms with Crippen LogP contribution in [-0.2, 0) is 17.8 Å². The normalized spacial score (nSPS) is 12.0. The average molecular weight is 452 g/mol. The number of carbonyl (C=O) groups is 1. The number of nitrogens with one attached hydrogen (secondary N) is 1. The highest BCUT2D eigenvalue weighted by atomic mass is 35.5. The van der Waals surface area contributed by atoms with Crippen molar-refractivity contribution in [1.29, 1.82) is 0 Å². The minimum Gasteiger partial charge on any atom is -0.497 e. The van der Waals surface area contributed by atoms with Crippen molar-refractivity contribution in [3.8, 4) is 5.75 Å². The second-order valence-corrected chi connectivity index (χ2v) is 7.97. The van der Waals surface area contributed by atoms with E-state index in [0.717, 1.165) is 22.3 Å². The first-order valence-corrected chi connectivity index (χ1v) is 10.6. The minimum atomic E-state index is -0.390. The fourth-order valence-corrected chi connectivity index (χ4v) is 3.94. The molecular formula is C25H23ClFN3O2. The summed E-state index contributed by atoms with van der Waals surface area (Å²) < 4.78 is 21.5. The molecule has 0 radical (unpaired) electrons. The zero-order chi connectivity index (χ0) is 22.7. The Balaban J connectivity index is 1.60. The third kappa shape index (κ3) is 4.60. The number of para-hydroxylation sites is 2. The van der Waals surface area contributed by atoms with E-state index in [0.29, 0.717) is 16.4 Å². The SMILES string of the molecule is COc1ccc(CC(=O)NC(C)c2nc3ccccc3n2Cc2c(F)cccc2Cl)cc1. The Labute approximate surface area is 190 Å². The molecule has 4 aromatic rings. The third-order valence-corrected chi connectivity index (χ3v) is 5.70. The molecule has 1 N–H and O–H groups in total. The van der Waals surface area contributed by atoms with Crippen LogP contribution in [0.2, 0.25) is 5.02 Å². The van der Waals surface area contributed by atoms with Gasteiger partial charge in [0.25, 0.3) is 0 Å². The molecule has 0 fully saturated rings. The number of amides is 1. The largest absolute Gasteiger partial charge is 0.497 e. The summed E-state index contributed by atoms with van der Waals surface area (Å²) in [6.45, 7) is 2.08. The van der Waals surface area contributed by atoms with Gasteiger partial charge in [0.2, 0.25) is 5.91 Å². The lowest BCUT2D eigenvalue weighted by molar-refractivity contribution is -0.121. The van der Waals surface area contributed by atoms with Crippen LogP contribution < -0.4 is 10.1 Å². The topological polar surface area (TPSA) is 56.1 Å². The second-order valence-electron chi connectivity index (χ2n) is 7.56. The van der Waals surface area contributed by atoms with Gasteiger partial charge < -0.3 is 14.6 Å². The van der Waals surface area contributed by atoms with Crippen LogP contribution in [0, 0.1) is 5.82 Å². The van der Waals surface area contributed by atoms with Crippen LogP contribution in [0.3, 0.4) is 0 Å². The highest BCUT2D eigenvalue weighted by Crippen LogP contribution is 2.26. The highest BCUT2D eigenvalue weighted by Gasteiger charge is 2.20. The molecule has 0 aliphatic rings. The van der Waals surface area contributed by atoms with Gasteiger partial charge in [0.1, 0.15) is 17.4 Å². The zero-order valence-corrected chi connectivity index (χ0v) is 18.6. The van der Waals surface area contributed by atoms with E-state index in [4.69, 9.17) is 21.3 Å². The van der Waals surface area contributed by atoms with Gasteiger partial charge in [0.15, 0.2) is 0 Å². The van der Waals surface area contributed by atoms with Crippen LogP contribution >= 0.6 is 11.6 Å². The molecule has 0 bridgehead atoms. The molecule has 164 valence electrons. The van der Waals surface area contributed by atoms with E-state index in [1.165, 1.54) is 6.07 Å². The number of benzene rings is 3. The Bertz CT molecular complexity index is 1230. The Kier molecular flexibility index (Phi) is 6.42. The molecular weight excluding hydrogens is 429 g/mol. The number of hydrogen-bond acceptors (Lipinski definition) is 3. The smallest absolute Gasteiger partial charge is 0.224 e. The molecule has 0 spiro atoms. The van der Waals surface area contributed by atoms with Crippen LogP contribution in [-0.4, -0.2) is 22.6 Å². The first-order chi connectivity index (χ1) is 15.5. The van der Waals surface area contributed by atoms with Crippen LogP contribution in [0.25, 0.3) is 11.0 Å². The maximum atomic E-state index is 14.5. The molecule has 0 aliphatic carbocycles. The van der Waals surface area contributed by atoms with Gasteiger partial charge in [-0.15, -0.1) is 0 Å². The van der Waals surface area contributed by atoms with Crippen molar-refractivity contribution < 1.29 is 13.9 Å². The lowest BCUT2D eigenvalue weighted by Gasteiger charge is -2.17. The molecule has 1 heterocycles. The molecule has 1 unspecified atom stereocenters. The summed E-state index contributed by atoms with van der Waals surface area (Å²) in [5, 5.41) is 3.36. The minimum absolute atomic E-state index is 0.134. The highest BCUT2D eigenvalue weighted by molar-refractivity contribution is 6.31. The number of carbonyl (C=O) groups excluding carboxylic acids is 1. The molecule has 1 aromatic heterocycles. The maximum absolute atomic E-state index is 14.5. The van der Waals surface area contributed by atoms with Crippen molar-refractivity contribution in [1.82, 2.24) is 14.9 Å². The van der Waals surface area contributed by atoms with Crippen molar-refractivity contribution in [2.45, 2.75) is 25.9 Å². The van der Waals surface area contributed by atoms with Crippen LogP contribution in [0.1, 0.15) is 29.9 Å². The van der Waals surface area contributed by atoms with Gasteiger partial charge in [-0.3, -0.25) is 4.79 Å². The number of methoxy groups -OCH3 is 1. The molecule has 0 saturated carbocycles.